The molecule has 2 aliphatic heterocycles. The van der Waals surface area contributed by atoms with Crippen molar-refractivity contribution in [3.8, 4) is 17.1 Å². The van der Waals surface area contributed by atoms with Crippen LogP contribution in [0.3, 0.4) is 0 Å². The Morgan fingerprint density at radius 1 is 1.11 bits per heavy atom. The Hall–Kier alpha value is -5.06. The molecule has 0 aliphatic carbocycles. The molecule has 4 heterocycles. The second kappa shape index (κ2) is 9.77. The maximum Gasteiger partial charge on any atom is 0.515 e. The third-order valence-electron chi connectivity index (χ3n) is 6.13. The number of aromatic nitrogens is 2. The molecule has 6 rings (SSSR count). The highest BCUT2D eigenvalue weighted by molar-refractivity contribution is 5.85. The smallest absolute Gasteiger partial charge is 0.458 e. The van der Waals surface area contributed by atoms with Crippen LogP contribution in [-0.4, -0.2) is 26.6 Å². The van der Waals surface area contributed by atoms with Gasteiger partial charge in [0, 0.05) is 28.6 Å². The lowest BCUT2D eigenvalue weighted by molar-refractivity contribution is -0.384. The third-order valence-corrected chi connectivity index (χ3v) is 6.13. The summed E-state index contributed by atoms with van der Waals surface area (Å²) in [5.74, 6) is -0.869. The van der Waals surface area contributed by atoms with Gasteiger partial charge in [-0.1, -0.05) is 32.0 Å². The summed E-state index contributed by atoms with van der Waals surface area (Å²) in [6.07, 6.45) is -2.76. The van der Waals surface area contributed by atoms with E-state index >= 15 is 0 Å². The van der Waals surface area contributed by atoms with E-state index in [1.807, 2.05) is 44.2 Å². The molecule has 0 N–H and O–H groups in total. The SMILES string of the molecule is CC.O=C(Oc1ccc([N+](=O)[O-])cc1)OC1C(=O)OCc2c1cc1n(c2=O)Cc2cc3ccccc3nc2-1. The molecule has 1 unspecified atom stereocenters. The summed E-state index contributed by atoms with van der Waals surface area (Å²) in [6, 6.07) is 15.9. The zero-order valence-electron chi connectivity index (χ0n) is 20.4. The molecule has 2 aromatic carbocycles. The van der Waals surface area contributed by atoms with Gasteiger partial charge in [-0.25, -0.2) is 14.6 Å². The summed E-state index contributed by atoms with van der Waals surface area (Å²) in [4.78, 5) is 53.2. The van der Waals surface area contributed by atoms with E-state index in [-0.39, 0.29) is 34.7 Å². The highest BCUT2D eigenvalue weighted by atomic mass is 16.7. The number of para-hydroxylation sites is 1. The summed E-state index contributed by atoms with van der Waals surface area (Å²) < 4.78 is 17.0. The Morgan fingerprint density at radius 2 is 1.84 bits per heavy atom. The van der Waals surface area contributed by atoms with Crippen LogP contribution in [0.1, 0.15) is 36.6 Å². The monoisotopic (exact) mass is 515 g/mol. The quantitative estimate of drug-likeness (QED) is 0.145. The van der Waals surface area contributed by atoms with Gasteiger partial charge >= 0.3 is 12.1 Å². The van der Waals surface area contributed by atoms with Gasteiger partial charge in [-0.05, 0) is 30.3 Å². The Labute approximate surface area is 215 Å². The maximum absolute atomic E-state index is 13.3. The number of hydrogen-bond donors (Lipinski definition) is 0. The lowest BCUT2D eigenvalue weighted by Gasteiger charge is -2.24. The van der Waals surface area contributed by atoms with Crippen molar-refractivity contribution in [3.63, 3.8) is 0 Å². The van der Waals surface area contributed by atoms with Crippen molar-refractivity contribution in [1.82, 2.24) is 9.55 Å². The molecule has 0 saturated heterocycles. The second-order valence-electron chi connectivity index (χ2n) is 8.25. The van der Waals surface area contributed by atoms with E-state index in [1.165, 1.54) is 12.1 Å². The topological polar surface area (TPSA) is 140 Å². The fourth-order valence-corrected chi connectivity index (χ4v) is 4.42. The number of cyclic esters (lactones) is 1. The fourth-order valence-electron chi connectivity index (χ4n) is 4.42. The van der Waals surface area contributed by atoms with Crippen LogP contribution in [0.2, 0.25) is 0 Å². The van der Waals surface area contributed by atoms with Crippen molar-refractivity contribution in [1.29, 1.82) is 0 Å². The van der Waals surface area contributed by atoms with Crippen LogP contribution in [0, 0.1) is 10.1 Å². The van der Waals surface area contributed by atoms with Gasteiger partial charge in [0.2, 0.25) is 6.10 Å². The van der Waals surface area contributed by atoms with Gasteiger partial charge in [0.15, 0.2) is 0 Å². The van der Waals surface area contributed by atoms with Crippen LogP contribution in [0.4, 0.5) is 10.5 Å². The van der Waals surface area contributed by atoms with Crippen molar-refractivity contribution in [3.05, 3.63) is 97.8 Å². The number of benzene rings is 2. The molecular formula is C27H21N3O8. The van der Waals surface area contributed by atoms with Gasteiger partial charge in [0.25, 0.3) is 11.2 Å². The van der Waals surface area contributed by atoms with E-state index in [0.29, 0.717) is 17.9 Å². The van der Waals surface area contributed by atoms with E-state index in [2.05, 4.69) is 0 Å². The highest BCUT2D eigenvalue weighted by Gasteiger charge is 2.38. The van der Waals surface area contributed by atoms with E-state index in [0.717, 1.165) is 28.6 Å². The van der Waals surface area contributed by atoms with E-state index < -0.39 is 23.2 Å². The van der Waals surface area contributed by atoms with Crippen LogP contribution < -0.4 is 10.3 Å². The first kappa shape index (κ1) is 24.6. The number of non-ortho nitro benzene ring substituents is 1. The van der Waals surface area contributed by atoms with Crippen LogP contribution in [0.25, 0.3) is 22.3 Å². The zero-order valence-corrected chi connectivity index (χ0v) is 20.4. The number of nitro benzene ring substituents is 1. The molecule has 0 saturated carbocycles. The Morgan fingerprint density at radius 3 is 2.58 bits per heavy atom. The lowest BCUT2D eigenvalue weighted by atomic mass is 10.00. The number of fused-ring (bicyclic) bond motifs is 5. The number of nitrogens with zero attached hydrogens (tertiary/aromatic N) is 3. The number of esters is 1. The minimum Gasteiger partial charge on any atom is -0.458 e. The van der Waals surface area contributed by atoms with E-state index in [9.17, 15) is 24.5 Å². The number of nitro groups is 1. The minimum absolute atomic E-state index is 0.0194. The van der Waals surface area contributed by atoms with Gasteiger partial charge in [0.1, 0.15) is 12.4 Å². The highest BCUT2D eigenvalue weighted by Crippen LogP contribution is 2.36. The first-order valence-electron chi connectivity index (χ1n) is 11.8. The molecule has 2 aromatic heterocycles. The van der Waals surface area contributed by atoms with Crippen molar-refractivity contribution in [2.45, 2.75) is 33.1 Å². The number of pyridine rings is 2. The molecule has 0 bridgehead atoms. The van der Waals surface area contributed by atoms with Crippen molar-refractivity contribution < 1.29 is 28.7 Å². The van der Waals surface area contributed by atoms with Crippen LogP contribution in [0.15, 0.2) is 65.5 Å². The molecule has 11 nitrogen and oxygen atoms in total. The standard InChI is InChI=1S/C25H15N3O8.C2H6/c29-23-18-12-34-24(30)22(36-25(31)35-16-7-5-15(6-8-16)28(32)33)17(18)10-20-21-14(11-27(20)23)9-13-3-1-2-4-19(13)26-21;1-2/h1-10,22H,11-12H2;1-2H3. The number of carbonyl (C=O) groups is 2. The first-order valence-corrected chi connectivity index (χ1v) is 11.8. The summed E-state index contributed by atoms with van der Waals surface area (Å²) in [5.41, 5.74) is 2.58. The molecule has 0 spiro atoms. The average molecular weight is 515 g/mol. The van der Waals surface area contributed by atoms with Crippen LogP contribution in [0.5, 0.6) is 5.75 Å². The Balaban J connectivity index is 0.00000144. The first-order chi connectivity index (χ1) is 18.4. The lowest BCUT2D eigenvalue weighted by Crippen LogP contribution is -2.34. The van der Waals surface area contributed by atoms with Gasteiger partial charge in [0.05, 0.1) is 33.9 Å². The van der Waals surface area contributed by atoms with Crippen LogP contribution in [-0.2, 0) is 27.4 Å². The molecule has 2 aliphatic rings. The second-order valence-corrected chi connectivity index (χ2v) is 8.25. The normalized spacial score (nSPS) is 14.8. The predicted octanol–water partition coefficient (Wildman–Crippen LogP) is 4.67. The van der Waals surface area contributed by atoms with E-state index in [4.69, 9.17) is 19.2 Å². The van der Waals surface area contributed by atoms with Gasteiger partial charge in [-0.3, -0.25) is 14.9 Å². The molecule has 0 radical (unpaired) electrons. The maximum atomic E-state index is 13.3. The summed E-state index contributed by atoms with van der Waals surface area (Å²) >= 11 is 0. The summed E-state index contributed by atoms with van der Waals surface area (Å²) in [5, 5.41) is 11.7. The van der Waals surface area contributed by atoms with Crippen molar-refractivity contribution in [2.24, 2.45) is 0 Å². The summed E-state index contributed by atoms with van der Waals surface area (Å²) in [6.45, 7) is 4.06. The summed E-state index contributed by atoms with van der Waals surface area (Å²) in [7, 11) is 0. The number of hydrogen-bond acceptors (Lipinski definition) is 9. The molecule has 0 fully saturated rings. The molecule has 4 aromatic rings. The van der Waals surface area contributed by atoms with Crippen LogP contribution >= 0.6 is 0 Å². The van der Waals surface area contributed by atoms with Gasteiger partial charge in [-0.2, -0.15) is 0 Å². The van der Waals surface area contributed by atoms with E-state index in [1.54, 1.807) is 10.6 Å². The Kier molecular flexibility index (Phi) is 6.33. The van der Waals surface area contributed by atoms with Gasteiger partial charge < -0.3 is 18.8 Å². The van der Waals surface area contributed by atoms with Crippen molar-refractivity contribution in [2.75, 3.05) is 0 Å². The predicted molar refractivity (Wildman–Crippen MR) is 135 cm³/mol. The zero-order chi connectivity index (χ0) is 27.0. The molecule has 192 valence electrons. The molecule has 0 amide bonds. The minimum atomic E-state index is -1.53. The number of rotatable bonds is 3. The molecule has 11 heteroatoms. The molecule has 1 atom stereocenters. The van der Waals surface area contributed by atoms with Crippen molar-refractivity contribution >= 4 is 28.7 Å². The number of carbonyl (C=O) groups excluding carboxylic acids is 2. The molecule has 38 heavy (non-hydrogen) atoms. The number of ether oxygens (including phenoxy) is 3. The average Bonchev–Trinajstić information content (AvgIpc) is 3.28. The Bertz CT molecular complexity index is 1660. The third kappa shape index (κ3) is 4.23. The largest absolute Gasteiger partial charge is 0.515 e. The molecular weight excluding hydrogens is 494 g/mol. The fraction of sp³-hybridized carbons (Fsp3) is 0.185. The van der Waals surface area contributed by atoms with Gasteiger partial charge in [-0.15, -0.1) is 0 Å².